The second kappa shape index (κ2) is 7.29. The van der Waals surface area contributed by atoms with Crippen molar-refractivity contribution < 1.29 is 14.6 Å². The van der Waals surface area contributed by atoms with Crippen molar-refractivity contribution in [2.75, 3.05) is 13.2 Å². The maximum absolute atomic E-state index is 10.7. The van der Waals surface area contributed by atoms with Gasteiger partial charge in [0.05, 0.1) is 5.56 Å². The number of carboxylic acids is 1. The molecule has 2 N–H and O–H groups in total. The fourth-order valence-electron chi connectivity index (χ4n) is 2.77. The van der Waals surface area contributed by atoms with Crippen molar-refractivity contribution in [1.29, 1.82) is 0 Å². The van der Waals surface area contributed by atoms with Gasteiger partial charge in [-0.3, -0.25) is 0 Å². The smallest absolute Gasteiger partial charge is 0.335 e. The molecule has 1 aromatic rings. The third kappa shape index (κ3) is 4.23. The Morgan fingerprint density at radius 3 is 2.60 bits per heavy atom. The lowest BCUT2D eigenvalue weighted by molar-refractivity contribution is 0.0697. The van der Waals surface area contributed by atoms with Crippen LogP contribution in [0.4, 0.5) is 0 Å². The second-order valence-electron chi connectivity index (χ2n) is 5.47. The van der Waals surface area contributed by atoms with Crippen LogP contribution in [0, 0.1) is 5.92 Å². The molecule has 1 aliphatic carbocycles. The third-order valence-electron chi connectivity index (χ3n) is 4.05. The average Bonchev–Trinajstić information content (AvgIpc) is 2.98. The molecule has 0 aliphatic heterocycles. The van der Waals surface area contributed by atoms with Crippen LogP contribution in [-0.2, 0) is 0 Å². The predicted molar refractivity (Wildman–Crippen MR) is 78.3 cm³/mol. The van der Waals surface area contributed by atoms with E-state index in [1.54, 1.807) is 24.3 Å². The van der Waals surface area contributed by atoms with Gasteiger partial charge in [-0.05, 0) is 49.9 Å². The van der Waals surface area contributed by atoms with E-state index in [-0.39, 0.29) is 5.56 Å². The first-order valence-corrected chi connectivity index (χ1v) is 7.36. The van der Waals surface area contributed by atoms with Crippen LogP contribution in [0.2, 0.25) is 0 Å². The number of ether oxygens (including phenoxy) is 1. The number of carbonyl (C=O) groups is 1. The molecule has 1 aromatic carbocycles. The second-order valence-corrected chi connectivity index (χ2v) is 5.47. The SMILES string of the molecule is C[C@H](NCCOc1ccc(C(=O)O)cc1)C1CCCC1. The van der Waals surface area contributed by atoms with Crippen molar-refractivity contribution >= 4 is 5.97 Å². The van der Waals surface area contributed by atoms with E-state index < -0.39 is 5.97 Å². The molecule has 1 saturated carbocycles. The molecule has 2 rings (SSSR count). The van der Waals surface area contributed by atoms with E-state index in [9.17, 15) is 4.79 Å². The van der Waals surface area contributed by atoms with Gasteiger partial charge in [0.1, 0.15) is 12.4 Å². The molecule has 1 atom stereocenters. The molecular weight excluding hydrogens is 254 g/mol. The van der Waals surface area contributed by atoms with E-state index in [2.05, 4.69) is 12.2 Å². The summed E-state index contributed by atoms with van der Waals surface area (Å²) in [6.45, 7) is 3.67. The zero-order valence-electron chi connectivity index (χ0n) is 12.0. The molecule has 0 saturated heterocycles. The highest BCUT2D eigenvalue weighted by Gasteiger charge is 2.20. The Morgan fingerprint density at radius 2 is 2.00 bits per heavy atom. The van der Waals surface area contributed by atoms with Crippen molar-refractivity contribution in [2.24, 2.45) is 5.92 Å². The highest BCUT2D eigenvalue weighted by atomic mass is 16.5. The number of benzene rings is 1. The zero-order chi connectivity index (χ0) is 14.4. The normalized spacial score (nSPS) is 17.1. The Morgan fingerprint density at radius 1 is 1.35 bits per heavy atom. The van der Waals surface area contributed by atoms with Crippen LogP contribution >= 0.6 is 0 Å². The van der Waals surface area contributed by atoms with Crippen LogP contribution in [0.1, 0.15) is 43.0 Å². The molecule has 1 fully saturated rings. The number of rotatable bonds is 7. The van der Waals surface area contributed by atoms with Crippen molar-refractivity contribution in [1.82, 2.24) is 5.32 Å². The monoisotopic (exact) mass is 277 g/mol. The number of aromatic carboxylic acids is 1. The lowest BCUT2D eigenvalue weighted by Gasteiger charge is -2.20. The van der Waals surface area contributed by atoms with Gasteiger partial charge in [-0.1, -0.05) is 12.8 Å². The Hall–Kier alpha value is -1.55. The summed E-state index contributed by atoms with van der Waals surface area (Å²) < 4.78 is 5.60. The summed E-state index contributed by atoms with van der Waals surface area (Å²) in [5, 5.41) is 12.3. The van der Waals surface area contributed by atoms with Crippen LogP contribution < -0.4 is 10.1 Å². The third-order valence-corrected chi connectivity index (χ3v) is 4.05. The fraction of sp³-hybridized carbons (Fsp3) is 0.562. The summed E-state index contributed by atoms with van der Waals surface area (Å²) in [7, 11) is 0. The van der Waals surface area contributed by atoms with E-state index in [0.717, 1.165) is 12.5 Å². The van der Waals surface area contributed by atoms with E-state index in [4.69, 9.17) is 9.84 Å². The zero-order valence-corrected chi connectivity index (χ0v) is 12.0. The van der Waals surface area contributed by atoms with Gasteiger partial charge in [0, 0.05) is 12.6 Å². The van der Waals surface area contributed by atoms with Crippen molar-refractivity contribution in [3.63, 3.8) is 0 Å². The van der Waals surface area contributed by atoms with Gasteiger partial charge in [0.15, 0.2) is 0 Å². The molecular formula is C16H23NO3. The fourth-order valence-corrected chi connectivity index (χ4v) is 2.77. The molecule has 0 amide bonds. The number of hydrogen-bond donors (Lipinski definition) is 2. The first-order valence-electron chi connectivity index (χ1n) is 7.36. The lowest BCUT2D eigenvalue weighted by Crippen LogP contribution is -2.35. The van der Waals surface area contributed by atoms with E-state index >= 15 is 0 Å². The maximum Gasteiger partial charge on any atom is 0.335 e. The van der Waals surface area contributed by atoms with E-state index in [0.29, 0.717) is 18.4 Å². The summed E-state index contributed by atoms with van der Waals surface area (Å²) in [6, 6.07) is 7.07. The molecule has 0 aromatic heterocycles. The number of carboxylic acid groups (broad SMARTS) is 1. The topological polar surface area (TPSA) is 58.6 Å². The van der Waals surface area contributed by atoms with Crippen LogP contribution in [0.5, 0.6) is 5.75 Å². The van der Waals surface area contributed by atoms with Gasteiger partial charge in [-0.2, -0.15) is 0 Å². The minimum Gasteiger partial charge on any atom is -0.492 e. The summed E-state index contributed by atoms with van der Waals surface area (Å²) in [4.78, 5) is 10.7. The van der Waals surface area contributed by atoms with Gasteiger partial charge in [0.25, 0.3) is 0 Å². The Balaban J connectivity index is 1.66. The molecule has 20 heavy (non-hydrogen) atoms. The summed E-state index contributed by atoms with van der Waals surface area (Å²) >= 11 is 0. The van der Waals surface area contributed by atoms with Gasteiger partial charge in [0.2, 0.25) is 0 Å². The molecule has 0 radical (unpaired) electrons. The predicted octanol–water partition coefficient (Wildman–Crippen LogP) is 2.93. The Kier molecular flexibility index (Phi) is 5.41. The average molecular weight is 277 g/mol. The largest absolute Gasteiger partial charge is 0.492 e. The molecule has 0 heterocycles. The van der Waals surface area contributed by atoms with Crippen LogP contribution in [-0.4, -0.2) is 30.3 Å². The minimum atomic E-state index is -0.913. The quantitative estimate of drug-likeness (QED) is 0.752. The lowest BCUT2D eigenvalue weighted by atomic mass is 10.00. The first kappa shape index (κ1) is 14.9. The van der Waals surface area contributed by atoms with Gasteiger partial charge >= 0.3 is 5.97 Å². The van der Waals surface area contributed by atoms with Gasteiger partial charge < -0.3 is 15.2 Å². The number of hydrogen-bond acceptors (Lipinski definition) is 3. The van der Waals surface area contributed by atoms with Gasteiger partial charge in [-0.15, -0.1) is 0 Å². The van der Waals surface area contributed by atoms with Crippen molar-refractivity contribution in [2.45, 2.75) is 38.6 Å². The molecule has 0 unspecified atom stereocenters. The molecule has 0 bridgehead atoms. The first-order chi connectivity index (χ1) is 9.66. The molecule has 4 heteroatoms. The highest BCUT2D eigenvalue weighted by Crippen LogP contribution is 2.27. The van der Waals surface area contributed by atoms with E-state index in [1.807, 2.05) is 0 Å². The standard InChI is InChI=1S/C16H23NO3/c1-12(13-4-2-3-5-13)17-10-11-20-15-8-6-14(7-9-15)16(18)19/h6-9,12-13,17H,2-5,10-11H2,1H3,(H,18,19)/t12-/m0/s1. The summed E-state index contributed by atoms with van der Waals surface area (Å²) in [5.74, 6) is 0.610. The van der Waals surface area contributed by atoms with E-state index in [1.165, 1.54) is 25.7 Å². The molecule has 0 spiro atoms. The van der Waals surface area contributed by atoms with Crippen LogP contribution in [0.15, 0.2) is 24.3 Å². The Labute approximate surface area is 120 Å². The van der Waals surface area contributed by atoms with Crippen molar-refractivity contribution in [3.05, 3.63) is 29.8 Å². The number of nitrogens with one attached hydrogen (secondary N) is 1. The van der Waals surface area contributed by atoms with Crippen molar-refractivity contribution in [3.8, 4) is 5.75 Å². The maximum atomic E-state index is 10.7. The highest BCUT2D eigenvalue weighted by molar-refractivity contribution is 5.87. The molecule has 1 aliphatic rings. The van der Waals surface area contributed by atoms with Crippen LogP contribution in [0.3, 0.4) is 0 Å². The molecule has 110 valence electrons. The Bertz CT molecular complexity index is 424. The summed E-state index contributed by atoms with van der Waals surface area (Å²) in [5.41, 5.74) is 0.283. The van der Waals surface area contributed by atoms with Crippen LogP contribution in [0.25, 0.3) is 0 Å². The van der Waals surface area contributed by atoms with Gasteiger partial charge in [-0.25, -0.2) is 4.79 Å². The molecule has 4 nitrogen and oxygen atoms in total. The minimum absolute atomic E-state index is 0.283. The summed E-state index contributed by atoms with van der Waals surface area (Å²) in [6.07, 6.45) is 5.41.